The van der Waals surface area contributed by atoms with Crippen molar-refractivity contribution in [3.05, 3.63) is 42.0 Å². The van der Waals surface area contributed by atoms with Crippen LogP contribution in [0.4, 0.5) is 0 Å². The third kappa shape index (κ3) is 2.15. The minimum absolute atomic E-state index is 0.449. The molecular weight excluding hydrogens is 240 g/mol. The van der Waals surface area contributed by atoms with Crippen molar-refractivity contribution >= 4 is 0 Å². The van der Waals surface area contributed by atoms with Gasteiger partial charge in [-0.15, -0.1) is 10.2 Å². The van der Waals surface area contributed by atoms with Gasteiger partial charge in [0.15, 0.2) is 5.82 Å². The first kappa shape index (κ1) is 12.3. The Hall–Kier alpha value is -1.72. The number of aryl methyl sites for hydroxylation is 1. The minimum Gasteiger partial charge on any atom is -0.381 e. The zero-order chi connectivity index (χ0) is 13.3. The Morgan fingerprint density at radius 2 is 1.84 bits per heavy atom. The van der Waals surface area contributed by atoms with Gasteiger partial charge in [0.25, 0.3) is 0 Å². The summed E-state index contributed by atoms with van der Waals surface area (Å²) < 4.78 is 7.45. The number of para-hydroxylation sites is 1. The van der Waals surface area contributed by atoms with Crippen LogP contribution >= 0.6 is 0 Å². The topological polar surface area (TPSA) is 66.0 Å². The van der Waals surface area contributed by atoms with Crippen molar-refractivity contribution in [1.82, 2.24) is 14.8 Å². The summed E-state index contributed by atoms with van der Waals surface area (Å²) in [5.41, 5.74) is 7.13. The molecule has 5 nitrogen and oxygen atoms in total. The van der Waals surface area contributed by atoms with Gasteiger partial charge in [-0.25, -0.2) is 0 Å². The number of hydrogen-bond donors (Lipinski definition) is 1. The van der Waals surface area contributed by atoms with E-state index in [0.29, 0.717) is 13.2 Å². The normalized spacial score (nSPS) is 18.4. The first-order valence-electron chi connectivity index (χ1n) is 6.55. The van der Waals surface area contributed by atoms with Crippen LogP contribution in [0.3, 0.4) is 0 Å². The summed E-state index contributed by atoms with van der Waals surface area (Å²) in [7, 11) is 0. The lowest BCUT2D eigenvalue weighted by Crippen LogP contribution is -2.44. The Bertz CT molecular complexity index is 558. The Morgan fingerprint density at radius 3 is 2.53 bits per heavy atom. The highest BCUT2D eigenvalue weighted by atomic mass is 16.5. The molecule has 0 unspecified atom stereocenters. The fourth-order valence-corrected chi connectivity index (χ4v) is 2.53. The third-order valence-corrected chi connectivity index (χ3v) is 3.67. The third-order valence-electron chi connectivity index (χ3n) is 3.67. The standard InChI is InChI=1S/C14H18N4O/c1-11-16-17-13(14(15)7-9-19-10-8-14)18(11)12-5-3-2-4-6-12/h2-6H,7-10,15H2,1H3. The van der Waals surface area contributed by atoms with Gasteiger partial charge in [0, 0.05) is 18.9 Å². The fraction of sp³-hybridized carbons (Fsp3) is 0.429. The molecule has 3 rings (SSSR count). The number of ether oxygens (including phenoxy) is 1. The van der Waals surface area contributed by atoms with Crippen LogP contribution in [0.15, 0.2) is 30.3 Å². The van der Waals surface area contributed by atoms with Gasteiger partial charge in [-0.1, -0.05) is 18.2 Å². The zero-order valence-corrected chi connectivity index (χ0v) is 11.0. The van der Waals surface area contributed by atoms with E-state index in [1.165, 1.54) is 0 Å². The zero-order valence-electron chi connectivity index (χ0n) is 11.0. The average Bonchev–Trinajstić information content (AvgIpc) is 2.83. The van der Waals surface area contributed by atoms with Gasteiger partial charge in [0.1, 0.15) is 5.82 Å². The van der Waals surface area contributed by atoms with E-state index in [1.807, 2.05) is 41.8 Å². The number of benzene rings is 1. The summed E-state index contributed by atoms with van der Waals surface area (Å²) in [6.45, 7) is 3.31. The molecule has 2 aromatic rings. The molecule has 1 fully saturated rings. The van der Waals surface area contributed by atoms with Crippen molar-refractivity contribution in [3.63, 3.8) is 0 Å². The average molecular weight is 258 g/mol. The van der Waals surface area contributed by atoms with Crippen molar-refractivity contribution in [2.24, 2.45) is 5.73 Å². The van der Waals surface area contributed by atoms with Crippen molar-refractivity contribution in [2.45, 2.75) is 25.3 Å². The molecule has 1 aromatic heterocycles. The van der Waals surface area contributed by atoms with Gasteiger partial charge in [0.2, 0.25) is 0 Å². The molecule has 0 spiro atoms. The predicted molar refractivity (Wildman–Crippen MR) is 72.0 cm³/mol. The van der Waals surface area contributed by atoms with Crippen LogP contribution in [-0.4, -0.2) is 28.0 Å². The molecule has 0 atom stereocenters. The minimum atomic E-state index is -0.449. The largest absolute Gasteiger partial charge is 0.381 e. The highest BCUT2D eigenvalue weighted by Gasteiger charge is 2.35. The van der Waals surface area contributed by atoms with Gasteiger partial charge in [-0.05, 0) is 31.9 Å². The van der Waals surface area contributed by atoms with Gasteiger partial charge in [-0.3, -0.25) is 4.57 Å². The van der Waals surface area contributed by atoms with E-state index in [1.54, 1.807) is 0 Å². The first-order valence-corrected chi connectivity index (χ1v) is 6.55. The number of rotatable bonds is 2. The van der Waals surface area contributed by atoms with Crippen LogP contribution in [0, 0.1) is 6.92 Å². The molecule has 2 heterocycles. The van der Waals surface area contributed by atoms with E-state index in [2.05, 4.69) is 10.2 Å². The van der Waals surface area contributed by atoms with E-state index in [9.17, 15) is 0 Å². The number of nitrogens with zero attached hydrogens (tertiary/aromatic N) is 3. The molecule has 0 aliphatic carbocycles. The van der Waals surface area contributed by atoms with E-state index >= 15 is 0 Å². The van der Waals surface area contributed by atoms with Crippen molar-refractivity contribution in [3.8, 4) is 5.69 Å². The van der Waals surface area contributed by atoms with Crippen LogP contribution in [0.2, 0.25) is 0 Å². The predicted octanol–water partition coefficient (Wildman–Crippen LogP) is 1.54. The molecule has 0 saturated carbocycles. The van der Waals surface area contributed by atoms with Gasteiger partial charge < -0.3 is 10.5 Å². The lowest BCUT2D eigenvalue weighted by Gasteiger charge is -2.32. The van der Waals surface area contributed by atoms with Gasteiger partial charge in [0.05, 0.1) is 5.54 Å². The van der Waals surface area contributed by atoms with Crippen molar-refractivity contribution in [1.29, 1.82) is 0 Å². The highest BCUT2D eigenvalue weighted by Crippen LogP contribution is 2.30. The number of nitrogens with two attached hydrogens (primary N) is 1. The van der Waals surface area contributed by atoms with Crippen LogP contribution in [0.1, 0.15) is 24.5 Å². The van der Waals surface area contributed by atoms with Gasteiger partial charge in [-0.2, -0.15) is 0 Å². The number of aromatic nitrogens is 3. The molecule has 1 saturated heterocycles. The van der Waals surface area contributed by atoms with Crippen molar-refractivity contribution in [2.75, 3.05) is 13.2 Å². The highest BCUT2D eigenvalue weighted by molar-refractivity contribution is 5.35. The summed E-state index contributed by atoms with van der Waals surface area (Å²) in [6.07, 6.45) is 1.55. The quantitative estimate of drug-likeness (QED) is 0.887. The van der Waals surface area contributed by atoms with E-state index in [0.717, 1.165) is 30.2 Å². The first-order chi connectivity index (χ1) is 9.21. The fourth-order valence-electron chi connectivity index (χ4n) is 2.53. The molecule has 0 bridgehead atoms. The Labute approximate surface area is 112 Å². The van der Waals surface area contributed by atoms with Crippen molar-refractivity contribution < 1.29 is 4.74 Å². The Kier molecular flexibility index (Phi) is 3.08. The Balaban J connectivity index is 2.08. The Morgan fingerprint density at radius 1 is 1.16 bits per heavy atom. The van der Waals surface area contributed by atoms with E-state index < -0.39 is 5.54 Å². The molecule has 5 heteroatoms. The SMILES string of the molecule is Cc1nnc(C2(N)CCOCC2)n1-c1ccccc1. The smallest absolute Gasteiger partial charge is 0.157 e. The van der Waals surface area contributed by atoms with Crippen LogP contribution in [0.25, 0.3) is 5.69 Å². The molecule has 0 radical (unpaired) electrons. The van der Waals surface area contributed by atoms with Crippen LogP contribution in [0.5, 0.6) is 0 Å². The lowest BCUT2D eigenvalue weighted by atomic mass is 9.90. The maximum Gasteiger partial charge on any atom is 0.157 e. The van der Waals surface area contributed by atoms with Gasteiger partial charge >= 0.3 is 0 Å². The van der Waals surface area contributed by atoms with E-state index in [-0.39, 0.29) is 0 Å². The van der Waals surface area contributed by atoms with E-state index in [4.69, 9.17) is 10.5 Å². The molecule has 100 valence electrons. The molecular formula is C14H18N4O. The summed E-state index contributed by atoms with van der Waals surface area (Å²) in [5.74, 6) is 1.69. The molecule has 19 heavy (non-hydrogen) atoms. The molecule has 0 amide bonds. The summed E-state index contributed by atoms with van der Waals surface area (Å²) >= 11 is 0. The lowest BCUT2D eigenvalue weighted by molar-refractivity contribution is 0.0485. The monoisotopic (exact) mass is 258 g/mol. The second-order valence-corrected chi connectivity index (χ2v) is 5.01. The molecule has 1 aromatic carbocycles. The summed E-state index contributed by atoms with van der Waals surface area (Å²) in [6, 6.07) is 10.1. The van der Waals surface area contributed by atoms with Crippen LogP contribution < -0.4 is 5.73 Å². The maximum absolute atomic E-state index is 6.53. The van der Waals surface area contributed by atoms with Crippen LogP contribution in [-0.2, 0) is 10.3 Å². The number of hydrogen-bond acceptors (Lipinski definition) is 4. The summed E-state index contributed by atoms with van der Waals surface area (Å²) in [4.78, 5) is 0. The summed E-state index contributed by atoms with van der Waals surface area (Å²) in [5, 5.41) is 8.53. The molecule has 1 aliphatic heterocycles. The second kappa shape index (κ2) is 4.75. The molecule has 2 N–H and O–H groups in total. The maximum atomic E-state index is 6.53. The second-order valence-electron chi connectivity index (χ2n) is 5.01. The molecule has 1 aliphatic rings.